The van der Waals surface area contributed by atoms with Gasteiger partial charge in [-0.25, -0.2) is 4.79 Å². The summed E-state index contributed by atoms with van der Waals surface area (Å²) in [6.45, 7) is 1.74. The van der Waals surface area contributed by atoms with Gasteiger partial charge >= 0.3 is 5.97 Å². The van der Waals surface area contributed by atoms with E-state index < -0.39 is 12.0 Å². The van der Waals surface area contributed by atoms with Gasteiger partial charge in [-0.2, -0.15) is 0 Å². The smallest absolute Gasteiger partial charge is 0.328 e. The van der Waals surface area contributed by atoms with E-state index in [-0.39, 0.29) is 18.7 Å². The number of hydrogen-bond acceptors (Lipinski definition) is 5. The first-order chi connectivity index (χ1) is 10.5. The minimum atomic E-state index is -0.644. The molecule has 0 radical (unpaired) electrons. The summed E-state index contributed by atoms with van der Waals surface area (Å²) in [5.41, 5.74) is 0.372. The number of hydrogen-bond donors (Lipinski definition) is 0. The standard InChI is InChI=1S/C15H16ClNO5/c1-8(15(19)20-2)17(10-3-4-10)14(18)9-5-11(16)13-12(6-9)21-7-22-13/h5-6,8,10H,3-4,7H2,1-2H3/t8-/m1/s1. The van der Waals surface area contributed by atoms with Gasteiger partial charge in [-0.1, -0.05) is 11.6 Å². The highest BCUT2D eigenvalue weighted by Gasteiger charge is 2.39. The first kappa shape index (κ1) is 15.0. The van der Waals surface area contributed by atoms with Crippen LogP contribution in [-0.4, -0.2) is 42.8 Å². The average Bonchev–Trinajstić information content (AvgIpc) is 3.22. The Morgan fingerprint density at radius 2 is 2.09 bits per heavy atom. The predicted octanol–water partition coefficient (Wildman–Crippen LogP) is 2.23. The summed E-state index contributed by atoms with van der Waals surface area (Å²) < 4.78 is 15.3. The Labute approximate surface area is 132 Å². The van der Waals surface area contributed by atoms with Gasteiger partial charge in [0.1, 0.15) is 6.04 Å². The van der Waals surface area contributed by atoms with Gasteiger partial charge in [-0.15, -0.1) is 0 Å². The number of amides is 1. The number of halogens is 1. The van der Waals surface area contributed by atoms with Crippen LogP contribution in [0.2, 0.25) is 5.02 Å². The highest BCUT2D eigenvalue weighted by Crippen LogP contribution is 2.40. The van der Waals surface area contributed by atoms with Crippen molar-refractivity contribution in [3.63, 3.8) is 0 Å². The Bertz CT molecular complexity index is 629. The van der Waals surface area contributed by atoms with Crippen molar-refractivity contribution in [1.82, 2.24) is 4.90 Å². The molecule has 7 heteroatoms. The molecule has 1 heterocycles. The number of esters is 1. The van der Waals surface area contributed by atoms with Crippen LogP contribution in [-0.2, 0) is 9.53 Å². The third kappa shape index (κ3) is 2.59. The second kappa shape index (κ2) is 5.68. The fraction of sp³-hybridized carbons (Fsp3) is 0.467. The summed E-state index contributed by atoms with van der Waals surface area (Å²) in [6.07, 6.45) is 1.76. The molecule has 1 atom stereocenters. The number of methoxy groups -OCH3 is 1. The maximum Gasteiger partial charge on any atom is 0.328 e. The van der Waals surface area contributed by atoms with Gasteiger partial charge in [0.05, 0.1) is 12.1 Å². The summed E-state index contributed by atoms with van der Waals surface area (Å²) in [4.78, 5) is 26.1. The molecule has 1 aliphatic carbocycles. The van der Waals surface area contributed by atoms with Crippen molar-refractivity contribution in [1.29, 1.82) is 0 Å². The second-order valence-electron chi connectivity index (χ2n) is 5.33. The lowest BCUT2D eigenvalue weighted by atomic mass is 10.1. The second-order valence-corrected chi connectivity index (χ2v) is 5.74. The molecule has 118 valence electrons. The molecule has 1 aromatic rings. The molecule has 0 unspecified atom stereocenters. The lowest BCUT2D eigenvalue weighted by molar-refractivity contribution is -0.145. The lowest BCUT2D eigenvalue weighted by Crippen LogP contribution is -2.45. The maximum absolute atomic E-state index is 12.8. The molecule has 1 saturated carbocycles. The number of fused-ring (bicyclic) bond motifs is 1. The fourth-order valence-electron chi connectivity index (χ4n) is 2.53. The summed E-state index contributed by atoms with van der Waals surface area (Å²) in [6, 6.07) is 2.55. The van der Waals surface area contributed by atoms with Crippen molar-refractivity contribution in [2.75, 3.05) is 13.9 Å². The molecule has 1 aromatic carbocycles. The Morgan fingerprint density at radius 3 is 2.73 bits per heavy atom. The molecule has 0 spiro atoms. The minimum absolute atomic E-state index is 0.0609. The molecule has 22 heavy (non-hydrogen) atoms. The summed E-state index contributed by atoms with van der Waals surface area (Å²) in [5.74, 6) is 0.183. The molecule has 2 aliphatic rings. The van der Waals surface area contributed by atoms with Crippen molar-refractivity contribution in [3.8, 4) is 11.5 Å². The highest BCUT2D eigenvalue weighted by molar-refractivity contribution is 6.32. The number of nitrogens with zero attached hydrogens (tertiary/aromatic N) is 1. The predicted molar refractivity (Wildman–Crippen MR) is 78.2 cm³/mol. The summed E-state index contributed by atoms with van der Waals surface area (Å²) in [5, 5.41) is 0.319. The van der Waals surface area contributed by atoms with Crippen molar-refractivity contribution in [2.24, 2.45) is 0 Å². The van der Waals surface area contributed by atoms with Gasteiger partial charge in [0.2, 0.25) is 6.79 Å². The largest absolute Gasteiger partial charge is 0.467 e. The molecular weight excluding hydrogens is 310 g/mol. The van der Waals surface area contributed by atoms with Crippen LogP contribution in [0.15, 0.2) is 12.1 Å². The molecule has 6 nitrogen and oxygen atoms in total. The monoisotopic (exact) mass is 325 g/mol. The molecular formula is C15H16ClNO5. The zero-order valence-electron chi connectivity index (χ0n) is 12.3. The highest BCUT2D eigenvalue weighted by atomic mass is 35.5. The Kier molecular flexibility index (Phi) is 3.87. The third-order valence-electron chi connectivity index (χ3n) is 3.81. The van der Waals surface area contributed by atoms with E-state index in [0.29, 0.717) is 22.1 Å². The Balaban J connectivity index is 1.91. The van der Waals surface area contributed by atoms with E-state index in [0.717, 1.165) is 12.8 Å². The number of ether oxygens (including phenoxy) is 3. The molecule has 0 saturated heterocycles. The SMILES string of the molecule is COC(=O)[C@@H](C)N(C(=O)c1cc(Cl)c2c(c1)OCO2)C1CC1. The van der Waals surface area contributed by atoms with Gasteiger partial charge in [0, 0.05) is 11.6 Å². The van der Waals surface area contributed by atoms with E-state index in [2.05, 4.69) is 0 Å². The van der Waals surface area contributed by atoms with E-state index >= 15 is 0 Å². The number of carbonyl (C=O) groups excluding carboxylic acids is 2. The van der Waals surface area contributed by atoms with Crippen LogP contribution in [0, 0.1) is 0 Å². The van der Waals surface area contributed by atoms with Gasteiger partial charge in [-0.05, 0) is 31.9 Å². The summed E-state index contributed by atoms with van der Waals surface area (Å²) in [7, 11) is 1.31. The van der Waals surface area contributed by atoms with Crippen LogP contribution < -0.4 is 9.47 Å². The van der Waals surface area contributed by atoms with E-state index in [4.69, 9.17) is 25.8 Å². The number of rotatable bonds is 4. The first-order valence-electron chi connectivity index (χ1n) is 7.02. The summed E-state index contributed by atoms with van der Waals surface area (Å²) >= 11 is 6.12. The van der Waals surface area contributed by atoms with Gasteiger partial charge in [0.15, 0.2) is 11.5 Å². The van der Waals surface area contributed by atoms with Gasteiger partial charge in [0.25, 0.3) is 5.91 Å². The zero-order valence-corrected chi connectivity index (χ0v) is 13.1. The lowest BCUT2D eigenvalue weighted by Gasteiger charge is -2.27. The normalized spacial score (nSPS) is 17.0. The van der Waals surface area contributed by atoms with Crippen LogP contribution in [0.1, 0.15) is 30.1 Å². The van der Waals surface area contributed by atoms with E-state index in [1.54, 1.807) is 17.9 Å². The van der Waals surface area contributed by atoms with Gasteiger partial charge in [-0.3, -0.25) is 4.79 Å². The van der Waals surface area contributed by atoms with Crippen molar-refractivity contribution in [2.45, 2.75) is 31.8 Å². The molecule has 0 bridgehead atoms. The third-order valence-corrected chi connectivity index (χ3v) is 4.09. The van der Waals surface area contributed by atoms with E-state index in [1.807, 2.05) is 0 Å². The molecule has 0 aromatic heterocycles. The average molecular weight is 326 g/mol. The van der Waals surface area contributed by atoms with Crippen LogP contribution in [0.4, 0.5) is 0 Å². The molecule has 3 rings (SSSR count). The zero-order chi connectivity index (χ0) is 15.9. The van der Waals surface area contributed by atoms with Crippen LogP contribution in [0.3, 0.4) is 0 Å². The Hall–Kier alpha value is -1.95. The minimum Gasteiger partial charge on any atom is -0.467 e. The van der Waals surface area contributed by atoms with Gasteiger partial charge < -0.3 is 19.1 Å². The Morgan fingerprint density at radius 1 is 1.36 bits per heavy atom. The number of benzene rings is 1. The van der Waals surface area contributed by atoms with Crippen molar-refractivity contribution >= 4 is 23.5 Å². The molecule has 1 fully saturated rings. The quantitative estimate of drug-likeness (QED) is 0.794. The number of carbonyl (C=O) groups is 2. The van der Waals surface area contributed by atoms with Crippen LogP contribution in [0.5, 0.6) is 11.5 Å². The molecule has 1 amide bonds. The topological polar surface area (TPSA) is 65.1 Å². The molecule has 1 aliphatic heterocycles. The maximum atomic E-state index is 12.8. The molecule has 0 N–H and O–H groups in total. The van der Waals surface area contributed by atoms with E-state index in [9.17, 15) is 9.59 Å². The van der Waals surface area contributed by atoms with Crippen molar-refractivity contribution in [3.05, 3.63) is 22.7 Å². The fourth-order valence-corrected chi connectivity index (χ4v) is 2.80. The van der Waals surface area contributed by atoms with Crippen LogP contribution >= 0.6 is 11.6 Å². The van der Waals surface area contributed by atoms with Crippen LogP contribution in [0.25, 0.3) is 0 Å². The first-order valence-corrected chi connectivity index (χ1v) is 7.40. The van der Waals surface area contributed by atoms with E-state index in [1.165, 1.54) is 13.2 Å². The van der Waals surface area contributed by atoms with Crippen molar-refractivity contribution < 1.29 is 23.8 Å².